The number of aryl methyl sites for hydroxylation is 1. The van der Waals surface area contributed by atoms with E-state index in [0.717, 1.165) is 24.1 Å². The number of nitrogens with two attached hydrogens (primary N) is 1. The van der Waals surface area contributed by atoms with Crippen molar-refractivity contribution in [3.8, 4) is 0 Å². The quantitative estimate of drug-likeness (QED) is 0.872. The standard InChI is InChI=1S/C15H14N2O/c16-15(18)13-5-2-1-4-10(13)11-7-8-14-12(11)6-3-9-17-14/h1-6,9,11H,7-8H2,(H2,16,18)/t11-/m1/s1. The molecule has 1 aromatic heterocycles. The molecule has 0 fully saturated rings. The number of primary amides is 1. The van der Waals surface area contributed by atoms with Crippen LogP contribution in [0.1, 0.15) is 39.5 Å². The molecular weight excluding hydrogens is 224 g/mol. The highest BCUT2D eigenvalue weighted by Crippen LogP contribution is 2.38. The Bertz CT molecular complexity index is 607. The topological polar surface area (TPSA) is 56.0 Å². The van der Waals surface area contributed by atoms with E-state index >= 15 is 0 Å². The number of carbonyl (C=O) groups excluding carboxylic acids is 1. The second kappa shape index (κ2) is 4.26. The van der Waals surface area contributed by atoms with E-state index in [2.05, 4.69) is 11.1 Å². The number of amides is 1. The van der Waals surface area contributed by atoms with Gasteiger partial charge in [-0.15, -0.1) is 0 Å². The molecule has 1 aliphatic carbocycles. The van der Waals surface area contributed by atoms with Crippen LogP contribution in [0.2, 0.25) is 0 Å². The minimum absolute atomic E-state index is 0.248. The van der Waals surface area contributed by atoms with Crippen LogP contribution in [0.15, 0.2) is 42.6 Å². The largest absolute Gasteiger partial charge is 0.366 e. The first-order chi connectivity index (χ1) is 8.77. The molecule has 0 aliphatic heterocycles. The first-order valence-electron chi connectivity index (χ1n) is 6.10. The first-order valence-corrected chi connectivity index (χ1v) is 6.10. The fourth-order valence-electron chi connectivity index (χ4n) is 2.76. The molecule has 3 heteroatoms. The van der Waals surface area contributed by atoms with Crippen molar-refractivity contribution in [2.75, 3.05) is 0 Å². The zero-order valence-electron chi connectivity index (χ0n) is 9.97. The summed E-state index contributed by atoms with van der Waals surface area (Å²) in [5.74, 6) is -0.111. The van der Waals surface area contributed by atoms with Crippen molar-refractivity contribution in [2.24, 2.45) is 5.73 Å². The van der Waals surface area contributed by atoms with Crippen LogP contribution in [0.25, 0.3) is 0 Å². The number of aromatic nitrogens is 1. The molecule has 18 heavy (non-hydrogen) atoms. The number of fused-ring (bicyclic) bond motifs is 1. The lowest BCUT2D eigenvalue weighted by molar-refractivity contribution is 0.0999. The van der Waals surface area contributed by atoms with Gasteiger partial charge < -0.3 is 5.73 Å². The summed E-state index contributed by atoms with van der Waals surface area (Å²) in [4.78, 5) is 15.9. The van der Waals surface area contributed by atoms with Gasteiger partial charge in [0.25, 0.3) is 0 Å². The summed E-state index contributed by atoms with van der Waals surface area (Å²) >= 11 is 0. The van der Waals surface area contributed by atoms with E-state index < -0.39 is 0 Å². The summed E-state index contributed by atoms with van der Waals surface area (Å²) in [6.45, 7) is 0. The first kappa shape index (κ1) is 11.0. The molecule has 3 nitrogen and oxygen atoms in total. The molecule has 0 bridgehead atoms. The zero-order valence-corrected chi connectivity index (χ0v) is 9.97. The average Bonchev–Trinajstić information content (AvgIpc) is 2.82. The molecular formula is C15H14N2O. The van der Waals surface area contributed by atoms with Crippen molar-refractivity contribution >= 4 is 5.91 Å². The zero-order chi connectivity index (χ0) is 12.5. The van der Waals surface area contributed by atoms with Crippen LogP contribution in [0, 0.1) is 0 Å². The van der Waals surface area contributed by atoms with Gasteiger partial charge in [-0.3, -0.25) is 9.78 Å². The molecule has 1 heterocycles. The molecule has 0 spiro atoms. The van der Waals surface area contributed by atoms with Crippen molar-refractivity contribution < 1.29 is 4.79 Å². The molecule has 2 N–H and O–H groups in total. The second-order valence-corrected chi connectivity index (χ2v) is 4.58. The van der Waals surface area contributed by atoms with E-state index in [0.29, 0.717) is 5.56 Å². The number of carbonyl (C=O) groups is 1. The van der Waals surface area contributed by atoms with Gasteiger partial charge in [0.1, 0.15) is 0 Å². The summed E-state index contributed by atoms with van der Waals surface area (Å²) < 4.78 is 0. The van der Waals surface area contributed by atoms with Gasteiger partial charge in [-0.25, -0.2) is 0 Å². The summed E-state index contributed by atoms with van der Waals surface area (Å²) in [5.41, 5.74) is 9.47. The van der Waals surface area contributed by atoms with E-state index in [1.165, 1.54) is 5.56 Å². The second-order valence-electron chi connectivity index (χ2n) is 4.58. The van der Waals surface area contributed by atoms with Crippen LogP contribution in [-0.2, 0) is 6.42 Å². The van der Waals surface area contributed by atoms with Crippen molar-refractivity contribution in [3.05, 3.63) is 65.0 Å². The Morgan fingerprint density at radius 2 is 1.94 bits per heavy atom. The minimum Gasteiger partial charge on any atom is -0.366 e. The summed E-state index contributed by atoms with van der Waals surface area (Å²) in [6.07, 6.45) is 3.78. The molecule has 0 radical (unpaired) electrons. The van der Waals surface area contributed by atoms with Gasteiger partial charge in [0.05, 0.1) is 0 Å². The maximum absolute atomic E-state index is 11.5. The number of hydrogen-bond acceptors (Lipinski definition) is 2. The summed E-state index contributed by atoms with van der Waals surface area (Å²) in [6, 6.07) is 11.6. The molecule has 0 saturated heterocycles. The highest BCUT2D eigenvalue weighted by molar-refractivity contribution is 5.94. The number of hydrogen-bond donors (Lipinski definition) is 1. The van der Waals surface area contributed by atoms with Crippen LogP contribution in [0.4, 0.5) is 0 Å². The number of pyridine rings is 1. The molecule has 0 unspecified atom stereocenters. The Hall–Kier alpha value is -2.16. The number of rotatable bonds is 2. The predicted octanol–water partition coefficient (Wildman–Crippen LogP) is 2.26. The van der Waals surface area contributed by atoms with Gasteiger partial charge in [-0.05, 0) is 36.1 Å². The Kier molecular flexibility index (Phi) is 2.59. The third-order valence-electron chi connectivity index (χ3n) is 3.57. The molecule has 1 amide bonds. The average molecular weight is 238 g/mol. The molecule has 1 aliphatic rings. The Morgan fingerprint density at radius 3 is 2.78 bits per heavy atom. The molecule has 1 aromatic carbocycles. The van der Waals surface area contributed by atoms with Gasteiger partial charge in [-0.2, -0.15) is 0 Å². The lowest BCUT2D eigenvalue weighted by atomic mass is 9.90. The maximum atomic E-state index is 11.5. The van der Waals surface area contributed by atoms with Crippen LogP contribution >= 0.6 is 0 Å². The van der Waals surface area contributed by atoms with Crippen LogP contribution in [0.5, 0.6) is 0 Å². The van der Waals surface area contributed by atoms with Crippen molar-refractivity contribution in [1.82, 2.24) is 4.98 Å². The highest BCUT2D eigenvalue weighted by Gasteiger charge is 2.27. The highest BCUT2D eigenvalue weighted by atomic mass is 16.1. The predicted molar refractivity (Wildman–Crippen MR) is 69.4 cm³/mol. The van der Waals surface area contributed by atoms with Crippen molar-refractivity contribution in [3.63, 3.8) is 0 Å². The minimum atomic E-state index is -0.358. The van der Waals surface area contributed by atoms with Crippen LogP contribution < -0.4 is 5.73 Å². The SMILES string of the molecule is NC(=O)c1ccccc1[C@H]1CCc2ncccc21. The normalized spacial score (nSPS) is 17.4. The van der Waals surface area contributed by atoms with E-state index in [1.807, 2.05) is 30.5 Å². The Morgan fingerprint density at radius 1 is 1.17 bits per heavy atom. The van der Waals surface area contributed by atoms with Gasteiger partial charge >= 0.3 is 0 Å². The number of nitrogens with zero attached hydrogens (tertiary/aromatic N) is 1. The Balaban J connectivity index is 2.10. The molecule has 0 saturated carbocycles. The van der Waals surface area contributed by atoms with E-state index in [4.69, 9.17) is 5.73 Å². The number of benzene rings is 1. The Labute approximate surface area is 106 Å². The lowest BCUT2D eigenvalue weighted by Crippen LogP contribution is -2.15. The third-order valence-corrected chi connectivity index (χ3v) is 3.57. The summed E-state index contributed by atoms with van der Waals surface area (Å²) in [5, 5.41) is 0. The van der Waals surface area contributed by atoms with Crippen molar-refractivity contribution in [2.45, 2.75) is 18.8 Å². The van der Waals surface area contributed by atoms with E-state index in [-0.39, 0.29) is 11.8 Å². The van der Waals surface area contributed by atoms with Crippen molar-refractivity contribution in [1.29, 1.82) is 0 Å². The van der Waals surface area contributed by atoms with Gasteiger partial charge in [0.15, 0.2) is 0 Å². The van der Waals surface area contributed by atoms with Gasteiger partial charge in [0.2, 0.25) is 5.91 Å². The fourth-order valence-corrected chi connectivity index (χ4v) is 2.76. The fraction of sp³-hybridized carbons (Fsp3) is 0.200. The monoisotopic (exact) mass is 238 g/mol. The smallest absolute Gasteiger partial charge is 0.248 e. The lowest BCUT2D eigenvalue weighted by Gasteiger charge is -2.14. The van der Waals surface area contributed by atoms with E-state index in [9.17, 15) is 4.79 Å². The van der Waals surface area contributed by atoms with Crippen LogP contribution in [-0.4, -0.2) is 10.9 Å². The maximum Gasteiger partial charge on any atom is 0.248 e. The molecule has 2 aromatic rings. The molecule has 1 atom stereocenters. The van der Waals surface area contributed by atoms with Gasteiger partial charge in [0, 0.05) is 23.4 Å². The molecule has 3 rings (SSSR count). The summed E-state index contributed by atoms with van der Waals surface area (Å²) in [7, 11) is 0. The van der Waals surface area contributed by atoms with E-state index in [1.54, 1.807) is 6.07 Å². The van der Waals surface area contributed by atoms with Crippen LogP contribution in [0.3, 0.4) is 0 Å². The molecule has 90 valence electrons. The third kappa shape index (κ3) is 1.68. The van der Waals surface area contributed by atoms with Gasteiger partial charge in [-0.1, -0.05) is 24.3 Å².